The highest BCUT2D eigenvalue weighted by Gasteiger charge is 2.04. The molecule has 0 aliphatic heterocycles. The Morgan fingerprint density at radius 3 is 2.94 bits per heavy atom. The van der Waals surface area contributed by atoms with Gasteiger partial charge in [-0.15, -0.1) is 0 Å². The minimum absolute atomic E-state index is 0.552. The molecule has 1 rings (SSSR count). The molecule has 2 nitrogen and oxygen atoms in total. The molecule has 0 saturated carbocycles. The lowest BCUT2D eigenvalue weighted by Gasteiger charge is -2.09. The smallest absolute Gasteiger partial charge is 0.147 e. The van der Waals surface area contributed by atoms with Gasteiger partial charge < -0.3 is 4.74 Å². The summed E-state index contributed by atoms with van der Waals surface area (Å²) in [5.41, 5.74) is 0.681. The lowest BCUT2D eigenvalue weighted by Crippen LogP contribution is -1.93. The van der Waals surface area contributed by atoms with Gasteiger partial charge in [-0.25, -0.2) is 0 Å². The zero-order chi connectivity index (χ0) is 12.0. The van der Waals surface area contributed by atoms with E-state index in [1.54, 1.807) is 18.2 Å². The van der Waals surface area contributed by atoms with Crippen molar-refractivity contribution in [2.75, 3.05) is 0 Å². The van der Waals surface area contributed by atoms with Crippen LogP contribution in [0.25, 0.3) is 0 Å². The zero-order valence-corrected chi connectivity index (χ0v) is 10.7. The van der Waals surface area contributed by atoms with E-state index < -0.39 is 0 Å². The maximum absolute atomic E-state index is 6.01. The molecule has 0 radical (unpaired) electrons. The van der Waals surface area contributed by atoms with Crippen LogP contribution in [0.1, 0.15) is 20.3 Å². The summed E-state index contributed by atoms with van der Waals surface area (Å²) in [6.07, 6.45) is 2.72. The molecular formula is C12H12ClNOS. The van der Waals surface area contributed by atoms with E-state index >= 15 is 0 Å². The molecule has 4 heteroatoms. The van der Waals surface area contributed by atoms with Crippen LogP contribution in [0.15, 0.2) is 35.0 Å². The maximum Gasteiger partial charge on any atom is 0.147 e. The summed E-state index contributed by atoms with van der Waals surface area (Å²) in [5.74, 6) is 1.45. The predicted octanol–water partition coefficient (Wildman–Crippen LogP) is 4.77. The zero-order valence-electron chi connectivity index (χ0n) is 9.16. The van der Waals surface area contributed by atoms with Crippen LogP contribution in [-0.2, 0) is 0 Å². The lowest BCUT2D eigenvalue weighted by atomic mass is 10.3. The summed E-state index contributed by atoms with van der Waals surface area (Å²) in [6.45, 7) is 3.94. The Kier molecular flexibility index (Phi) is 5.20. The molecule has 84 valence electrons. The second-order valence-corrected chi connectivity index (χ2v) is 3.62. The van der Waals surface area contributed by atoms with Crippen LogP contribution in [0, 0.1) is 0 Å². The summed E-state index contributed by atoms with van der Waals surface area (Å²) in [4.78, 5) is 3.87. The molecule has 1 aromatic carbocycles. The molecule has 0 aliphatic rings. The van der Waals surface area contributed by atoms with Gasteiger partial charge in [-0.1, -0.05) is 18.5 Å². The van der Waals surface area contributed by atoms with Gasteiger partial charge in [-0.05, 0) is 37.4 Å². The van der Waals surface area contributed by atoms with Crippen molar-refractivity contribution < 1.29 is 4.74 Å². The number of thiocarbonyl (C=S) groups is 1. The summed E-state index contributed by atoms with van der Waals surface area (Å²) < 4.78 is 5.64. The highest BCUT2D eigenvalue weighted by molar-refractivity contribution is 7.78. The monoisotopic (exact) mass is 253 g/mol. The number of allylic oxidation sites excluding steroid dienone is 2. The molecule has 1 aromatic rings. The first-order valence-electron chi connectivity index (χ1n) is 4.91. The van der Waals surface area contributed by atoms with Crippen molar-refractivity contribution in [3.63, 3.8) is 0 Å². The van der Waals surface area contributed by atoms with E-state index in [1.165, 1.54) is 0 Å². The molecule has 0 amide bonds. The Balaban J connectivity index is 3.02. The number of ether oxygens (including phenoxy) is 1. The molecular weight excluding hydrogens is 242 g/mol. The topological polar surface area (TPSA) is 21.6 Å². The quantitative estimate of drug-likeness (QED) is 0.438. The fourth-order valence-electron chi connectivity index (χ4n) is 1.17. The van der Waals surface area contributed by atoms with Crippen LogP contribution in [0.3, 0.4) is 0 Å². The first kappa shape index (κ1) is 12.9. The molecule has 16 heavy (non-hydrogen) atoms. The van der Waals surface area contributed by atoms with Gasteiger partial charge in [0.2, 0.25) is 0 Å². The van der Waals surface area contributed by atoms with Crippen molar-refractivity contribution in [3.8, 4) is 5.75 Å². The SMILES string of the molecule is CC=C(CC)Oc1cc(N=C=S)ccc1Cl. The van der Waals surface area contributed by atoms with Crippen LogP contribution < -0.4 is 4.74 Å². The van der Waals surface area contributed by atoms with Crippen molar-refractivity contribution in [1.29, 1.82) is 0 Å². The molecule has 0 bridgehead atoms. The van der Waals surface area contributed by atoms with Crippen LogP contribution >= 0.6 is 23.8 Å². The number of hydrogen-bond donors (Lipinski definition) is 0. The van der Waals surface area contributed by atoms with E-state index in [4.69, 9.17) is 16.3 Å². The minimum atomic E-state index is 0.552. The van der Waals surface area contributed by atoms with Crippen LogP contribution in [0.4, 0.5) is 5.69 Å². The number of isothiocyanates is 1. The van der Waals surface area contributed by atoms with Crippen molar-refractivity contribution >= 4 is 34.7 Å². The summed E-state index contributed by atoms with van der Waals surface area (Å²) >= 11 is 10.6. The third-order valence-electron chi connectivity index (χ3n) is 2.00. The van der Waals surface area contributed by atoms with Crippen LogP contribution in [0.5, 0.6) is 5.75 Å². The highest BCUT2D eigenvalue weighted by atomic mass is 35.5. The second kappa shape index (κ2) is 6.44. The predicted molar refractivity (Wildman–Crippen MR) is 70.8 cm³/mol. The molecule has 0 saturated heterocycles. The Morgan fingerprint density at radius 1 is 1.62 bits per heavy atom. The average molecular weight is 254 g/mol. The largest absolute Gasteiger partial charge is 0.460 e. The van der Waals surface area contributed by atoms with Crippen molar-refractivity contribution in [1.82, 2.24) is 0 Å². The molecule has 0 aromatic heterocycles. The lowest BCUT2D eigenvalue weighted by molar-refractivity contribution is 0.409. The fraction of sp³-hybridized carbons (Fsp3) is 0.250. The van der Waals surface area contributed by atoms with Crippen molar-refractivity contribution in [3.05, 3.63) is 35.1 Å². The van der Waals surface area contributed by atoms with Gasteiger partial charge in [-0.2, -0.15) is 4.99 Å². The molecule has 0 atom stereocenters. The van der Waals surface area contributed by atoms with E-state index in [0.29, 0.717) is 16.5 Å². The van der Waals surface area contributed by atoms with E-state index in [0.717, 1.165) is 12.2 Å². The highest BCUT2D eigenvalue weighted by Crippen LogP contribution is 2.30. The number of aliphatic imine (C=N–C) groups is 1. The Morgan fingerprint density at radius 2 is 2.38 bits per heavy atom. The van der Waals surface area contributed by atoms with Gasteiger partial charge in [-0.3, -0.25) is 0 Å². The summed E-state index contributed by atoms with van der Waals surface area (Å²) in [5, 5.41) is 2.86. The van der Waals surface area contributed by atoms with E-state index in [-0.39, 0.29) is 0 Å². The molecule has 0 spiro atoms. The van der Waals surface area contributed by atoms with Crippen LogP contribution in [-0.4, -0.2) is 5.16 Å². The van der Waals surface area contributed by atoms with Gasteiger partial charge >= 0.3 is 0 Å². The summed E-state index contributed by atoms with van der Waals surface area (Å²) in [7, 11) is 0. The average Bonchev–Trinajstić information content (AvgIpc) is 2.30. The Bertz CT molecular complexity index is 450. The van der Waals surface area contributed by atoms with Crippen molar-refractivity contribution in [2.45, 2.75) is 20.3 Å². The normalized spacial score (nSPS) is 10.8. The van der Waals surface area contributed by atoms with E-state index in [2.05, 4.69) is 22.4 Å². The number of hydrogen-bond acceptors (Lipinski definition) is 3. The van der Waals surface area contributed by atoms with Gasteiger partial charge in [0.1, 0.15) is 5.75 Å². The first-order valence-corrected chi connectivity index (χ1v) is 5.70. The Hall–Kier alpha value is -1.15. The molecule has 0 aliphatic carbocycles. The van der Waals surface area contributed by atoms with Gasteiger partial charge in [0.05, 0.1) is 21.6 Å². The second-order valence-electron chi connectivity index (χ2n) is 3.03. The molecule has 0 unspecified atom stereocenters. The van der Waals surface area contributed by atoms with Gasteiger partial charge in [0.25, 0.3) is 0 Å². The first-order chi connectivity index (χ1) is 7.71. The number of nitrogens with zero attached hydrogens (tertiary/aromatic N) is 1. The van der Waals surface area contributed by atoms with E-state index in [1.807, 2.05) is 19.9 Å². The summed E-state index contributed by atoms with van der Waals surface area (Å²) in [6, 6.07) is 5.22. The molecule has 0 N–H and O–H groups in total. The number of rotatable bonds is 4. The van der Waals surface area contributed by atoms with Crippen molar-refractivity contribution in [2.24, 2.45) is 4.99 Å². The van der Waals surface area contributed by atoms with Gasteiger partial charge in [0.15, 0.2) is 0 Å². The molecule has 0 heterocycles. The third kappa shape index (κ3) is 3.46. The standard InChI is InChI=1S/C12H12ClNOS/c1-3-10(4-2)15-12-7-9(14-8-16)5-6-11(12)13/h3,5-7H,4H2,1-2H3. The maximum atomic E-state index is 6.01. The third-order valence-corrected chi connectivity index (χ3v) is 2.40. The van der Waals surface area contributed by atoms with E-state index in [9.17, 15) is 0 Å². The number of benzene rings is 1. The fourth-order valence-corrected chi connectivity index (χ4v) is 1.43. The minimum Gasteiger partial charge on any atom is -0.460 e. The van der Waals surface area contributed by atoms with Crippen LogP contribution in [0.2, 0.25) is 5.02 Å². The van der Waals surface area contributed by atoms with Gasteiger partial charge in [0, 0.05) is 12.5 Å². The number of halogens is 1. The molecule has 0 fully saturated rings. The Labute approximate surface area is 106 Å².